The minimum Gasteiger partial charge on any atom is -0.497 e. The normalized spacial score (nSPS) is 30.7. The summed E-state index contributed by atoms with van der Waals surface area (Å²) in [6, 6.07) is 11.8. The van der Waals surface area contributed by atoms with E-state index in [-0.39, 0.29) is 41.4 Å². The third kappa shape index (κ3) is 2.91. The lowest BCUT2D eigenvalue weighted by molar-refractivity contribution is -0.124. The third-order valence-corrected chi connectivity index (χ3v) is 7.69. The molecule has 1 heterocycles. The quantitative estimate of drug-likeness (QED) is 0.564. The first-order chi connectivity index (χ1) is 16.0. The second-order valence-corrected chi connectivity index (χ2v) is 9.24. The van der Waals surface area contributed by atoms with Crippen molar-refractivity contribution in [1.29, 1.82) is 0 Å². The minimum atomic E-state index is -0.361. The van der Waals surface area contributed by atoms with Crippen LogP contribution in [0.25, 0.3) is 0 Å². The summed E-state index contributed by atoms with van der Waals surface area (Å²) in [5, 5.41) is 2.84. The van der Waals surface area contributed by atoms with Crippen LogP contribution >= 0.6 is 0 Å². The molecule has 3 amide bonds. The van der Waals surface area contributed by atoms with Gasteiger partial charge in [-0.1, -0.05) is 18.2 Å². The van der Waals surface area contributed by atoms with Crippen LogP contribution in [0.5, 0.6) is 11.5 Å². The van der Waals surface area contributed by atoms with E-state index in [1.165, 1.54) is 12.0 Å². The molecular formula is C26H24N2O5. The number of rotatable bonds is 5. The number of benzene rings is 2. The molecule has 2 aromatic carbocycles. The van der Waals surface area contributed by atoms with Gasteiger partial charge in [0.2, 0.25) is 11.8 Å². The fourth-order valence-electron chi connectivity index (χ4n) is 6.09. The van der Waals surface area contributed by atoms with Crippen LogP contribution in [0.1, 0.15) is 16.8 Å². The molecule has 6 atom stereocenters. The Morgan fingerprint density at radius 1 is 0.939 bits per heavy atom. The van der Waals surface area contributed by atoms with Gasteiger partial charge >= 0.3 is 0 Å². The number of hydrogen-bond acceptors (Lipinski definition) is 5. The molecule has 7 rings (SSSR count). The van der Waals surface area contributed by atoms with Crippen molar-refractivity contribution in [2.45, 2.75) is 6.42 Å². The van der Waals surface area contributed by atoms with Gasteiger partial charge in [-0.15, -0.1) is 0 Å². The largest absolute Gasteiger partial charge is 0.497 e. The first-order valence-corrected chi connectivity index (χ1v) is 11.2. The fourth-order valence-corrected chi connectivity index (χ4v) is 6.09. The molecule has 7 heteroatoms. The van der Waals surface area contributed by atoms with Gasteiger partial charge in [-0.2, -0.15) is 0 Å². The van der Waals surface area contributed by atoms with Crippen molar-refractivity contribution in [3.63, 3.8) is 0 Å². The van der Waals surface area contributed by atoms with E-state index < -0.39 is 0 Å². The van der Waals surface area contributed by atoms with Gasteiger partial charge in [0.25, 0.3) is 5.91 Å². The molecule has 1 aliphatic heterocycles. The summed E-state index contributed by atoms with van der Waals surface area (Å²) in [4.78, 5) is 41.0. The molecule has 1 saturated heterocycles. The lowest BCUT2D eigenvalue weighted by Crippen LogP contribution is -2.40. The van der Waals surface area contributed by atoms with Crippen molar-refractivity contribution in [1.82, 2.24) is 0 Å². The van der Waals surface area contributed by atoms with Crippen molar-refractivity contribution in [2.24, 2.45) is 35.5 Å². The number of imide groups is 1. The Labute approximate surface area is 191 Å². The van der Waals surface area contributed by atoms with Gasteiger partial charge < -0.3 is 14.8 Å². The lowest BCUT2D eigenvalue weighted by atomic mass is 9.63. The summed E-state index contributed by atoms with van der Waals surface area (Å²) in [5.41, 5.74) is 1.29. The zero-order chi connectivity index (χ0) is 22.9. The van der Waals surface area contributed by atoms with Crippen LogP contribution < -0.4 is 19.7 Å². The average molecular weight is 444 g/mol. The zero-order valence-electron chi connectivity index (χ0n) is 18.4. The van der Waals surface area contributed by atoms with Crippen molar-refractivity contribution in [3.05, 3.63) is 60.2 Å². The minimum absolute atomic E-state index is 0.135. The Morgan fingerprint density at radius 3 is 2.27 bits per heavy atom. The van der Waals surface area contributed by atoms with Gasteiger partial charge in [0, 0.05) is 11.6 Å². The van der Waals surface area contributed by atoms with Crippen molar-refractivity contribution in [3.8, 4) is 11.5 Å². The molecule has 0 radical (unpaired) electrons. The molecule has 5 aliphatic rings. The molecule has 7 nitrogen and oxygen atoms in total. The van der Waals surface area contributed by atoms with Gasteiger partial charge in [-0.3, -0.25) is 14.4 Å². The zero-order valence-corrected chi connectivity index (χ0v) is 18.4. The van der Waals surface area contributed by atoms with Crippen molar-refractivity contribution in [2.75, 3.05) is 24.4 Å². The van der Waals surface area contributed by atoms with Crippen LogP contribution in [0.15, 0.2) is 54.6 Å². The number of methoxy groups -OCH3 is 2. The molecule has 3 fully saturated rings. The highest BCUT2D eigenvalue weighted by molar-refractivity contribution is 6.23. The number of amides is 3. The van der Waals surface area contributed by atoms with Gasteiger partial charge in [0.15, 0.2) is 0 Å². The molecule has 0 aromatic heterocycles. The Bertz CT molecular complexity index is 1180. The SMILES string of the molecule is COc1ccc(NC(=O)c2cccc(N3C(=O)[C@@H]4[C@H]5C=C[C@@H]([C@@H]6C[C@@H]56)[C@@H]4C3=O)c2)c(OC)c1. The van der Waals surface area contributed by atoms with E-state index in [4.69, 9.17) is 9.47 Å². The highest BCUT2D eigenvalue weighted by Crippen LogP contribution is 2.65. The first kappa shape index (κ1) is 20.0. The van der Waals surface area contributed by atoms with Crippen LogP contribution in [0.4, 0.5) is 11.4 Å². The van der Waals surface area contributed by atoms with Crippen LogP contribution in [0, 0.1) is 35.5 Å². The van der Waals surface area contributed by atoms with E-state index in [0.29, 0.717) is 40.3 Å². The van der Waals surface area contributed by atoms with E-state index >= 15 is 0 Å². The monoisotopic (exact) mass is 444 g/mol. The maximum Gasteiger partial charge on any atom is 0.255 e. The molecule has 2 aromatic rings. The summed E-state index contributed by atoms with van der Waals surface area (Å²) >= 11 is 0. The number of ether oxygens (including phenoxy) is 2. The molecule has 0 spiro atoms. The number of hydrogen-bond donors (Lipinski definition) is 1. The van der Waals surface area contributed by atoms with E-state index in [1.54, 1.807) is 49.6 Å². The van der Waals surface area contributed by atoms with Crippen molar-refractivity contribution >= 4 is 29.1 Å². The molecule has 0 unspecified atom stereocenters. The van der Waals surface area contributed by atoms with E-state index in [1.807, 2.05) is 0 Å². The number of carbonyl (C=O) groups excluding carboxylic acids is 3. The number of carbonyl (C=O) groups is 3. The molecule has 1 N–H and O–H groups in total. The molecule has 4 aliphatic carbocycles. The Hall–Kier alpha value is -3.61. The number of nitrogens with zero attached hydrogens (tertiary/aromatic N) is 1. The fraction of sp³-hybridized carbons (Fsp3) is 0.346. The second kappa shape index (κ2) is 7.20. The summed E-state index contributed by atoms with van der Waals surface area (Å²) < 4.78 is 10.5. The lowest BCUT2D eigenvalue weighted by Gasteiger charge is -2.37. The number of nitrogens with one attached hydrogen (secondary N) is 1. The first-order valence-electron chi connectivity index (χ1n) is 11.2. The summed E-state index contributed by atoms with van der Waals surface area (Å²) in [7, 11) is 3.07. The summed E-state index contributed by atoms with van der Waals surface area (Å²) in [6.07, 6.45) is 5.43. The van der Waals surface area contributed by atoms with Crippen LogP contribution in [0.2, 0.25) is 0 Å². The molecular weight excluding hydrogens is 420 g/mol. The molecule has 33 heavy (non-hydrogen) atoms. The van der Waals surface area contributed by atoms with E-state index in [2.05, 4.69) is 17.5 Å². The van der Waals surface area contributed by atoms with Crippen LogP contribution in [-0.2, 0) is 9.59 Å². The van der Waals surface area contributed by atoms with E-state index in [9.17, 15) is 14.4 Å². The highest BCUT2D eigenvalue weighted by atomic mass is 16.5. The summed E-state index contributed by atoms with van der Waals surface area (Å²) in [5.74, 6) is 1.35. The highest BCUT2D eigenvalue weighted by Gasteiger charge is 2.67. The van der Waals surface area contributed by atoms with Crippen molar-refractivity contribution < 1.29 is 23.9 Å². The predicted molar refractivity (Wildman–Crippen MR) is 121 cm³/mol. The van der Waals surface area contributed by atoms with Gasteiger partial charge in [0.1, 0.15) is 11.5 Å². The summed E-state index contributed by atoms with van der Waals surface area (Å²) in [6.45, 7) is 0. The average Bonchev–Trinajstić information content (AvgIpc) is 3.62. The number of allylic oxidation sites excluding steroid dienone is 2. The number of anilines is 2. The Morgan fingerprint density at radius 2 is 1.64 bits per heavy atom. The maximum atomic E-state index is 13.4. The third-order valence-electron chi connectivity index (χ3n) is 7.69. The predicted octanol–water partition coefficient (Wildman–Crippen LogP) is 3.51. The Balaban J connectivity index is 1.26. The topological polar surface area (TPSA) is 84.9 Å². The second-order valence-electron chi connectivity index (χ2n) is 9.24. The Kier molecular flexibility index (Phi) is 4.37. The van der Waals surface area contributed by atoms with Gasteiger partial charge in [-0.25, -0.2) is 4.90 Å². The van der Waals surface area contributed by atoms with Gasteiger partial charge in [0.05, 0.1) is 37.4 Å². The van der Waals surface area contributed by atoms with E-state index in [0.717, 1.165) is 6.42 Å². The molecule has 168 valence electrons. The smallest absolute Gasteiger partial charge is 0.255 e. The van der Waals surface area contributed by atoms with Crippen LogP contribution in [0.3, 0.4) is 0 Å². The van der Waals surface area contributed by atoms with Gasteiger partial charge in [-0.05, 0) is 60.4 Å². The molecule has 2 saturated carbocycles. The molecule has 2 bridgehead atoms. The standard InChI is InChI=1S/C26H24N2O5/c1-32-15-6-9-20(21(11-15)33-2)27-24(29)13-4-3-5-14(10-13)28-25(30)22-16-7-8-17(19-12-18(16)19)23(22)26(28)31/h3-11,16-19,22-23H,12H2,1-2H3,(H,27,29)/t16-,17-,18-,19-,22-,23+/m0/s1. The van der Waals surface area contributed by atoms with Crippen LogP contribution in [-0.4, -0.2) is 31.9 Å². The maximum absolute atomic E-state index is 13.4.